The number of thiophene rings is 1. The summed E-state index contributed by atoms with van der Waals surface area (Å²) < 4.78 is 2.66. The first-order chi connectivity index (χ1) is 26.4. The number of benzene rings is 8. The van der Waals surface area contributed by atoms with Crippen molar-refractivity contribution in [3.05, 3.63) is 200 Å². The van der Waals surface area contributed by atoms with Crippen LogP contribution in [0.3, 0.4) is 0 Å². The third kappa shape index (κ3) is 6.29. The summed E-state index contributed by atoms with van der Waals surface area (Å²) in [6, 6.07) is 70.7. The Labute approximate surface area is 322 Å². The van der Waals surface area contributed by atoms with Gasteiger partial charge < -0.3 is 4.90 Å². The number of hydrogen-bond acceptors (Lipinski definition) is 2. The van der Waals surface area contributed by atoms with Gasteiger partial charge in [-0.05, 0) is 98.0 Å². The molecule has 0 saturated carbocycles. The average molecular weight is 712 g/mol. The minimum Gasteiger partial charge on any atom is -0.311 e. The van der Waals surface area contributed by atoms with Crippen LogP contribution in [0.25, 0.3) is 64.7 Å². The van der Waals surface area contributed by atoms with Crippen molar-refractivity contribution in [2.75, 3.05) is 4.90 Å². The van der Waals surface area contributed by atoms with Crippen LogP contribution in [0, 0.1) is 0 Å². The van der Waals surface area contributed by atoms with E-state index in [1.807, 2.05) is 11.3 Å². The predicted molar refractivity (Wildman–Crippen MR) is 234 cm³/mol. The minimum atomic E-state index is -0.0206. The molecule has 260 valence electrons. The van der Waals surface area contributed by atoms with Gasteiger partial charge in [-0.3, -0.25) is 0 Å². The Balaban J connectivity index is 1.14. The van der Waals surface area contributed by atoms with Gasteiger partial charge in [0.25, 0.3) is 0 Å². The Morgan fingerprint density at radius 3 is 1.46 bits per heavy atom. The maximum Gasteiger partial charge on any atom is 0.0462 e. The Morgan fingerprint density at radius 1 is 0.370 bits per heavy atom. The van der Waals surface area contributed by atoms with Gasteiger partial charge in [-0.25, -0.2) is 0 Å². The van der Waals surface area contributed by atoms with Crippen LogP contribution in [0.5, 0.6) is 0 Å². The molecule has 9 rings (SSSR count). The summed E-state index contributed by atoms with van der Waals surface area (Å²) in [4.78, 5) is 2.37. The van der Waals surface area contributed by atoms with E-state index in [-0.39, 0.29) is 5.41 Å². The summed E-state index contributed by atoms with van der Waals surface area (Å²) >= 11 is 1.88. The van der Waals surface area contributed by atoms with Gasteiger partial charge in [-0.2, -0.15) is 0 Å². The summed E-state index contributed by atoms with van der Waals surface area (Å²) in [6.07, 6.45) is 0. The molecule has 0 unspecified atom stereocenters. The molecule has 0 amide bonds. The largest absolute Gasteiger partial charge is 0.311 e. The molecule has 0 spiro atoms. The third-order valence-electron chi connectivity index (χ3n) is 10.4. The molecule has 0 N–H and O–H groups in total. The fourth-order valence-corrected chi connectivity index (χ4v) is 9.01. The standard InChI is InChI=1S/C52H41NS/c1-52(2,3)48-22-13-19-44(38-16-8-5-9-17-38)50(48)40-28-34-43(35-29-40)53(41-30-24-37(25-31-41)36-14-6-4-7-15-36)42-32-26-39(27-33-42)45-20-12-21-47-46-18-10-11-23-49(46)54-51(45)47/h4-35H,1-3H3. The van der Waals surface area contributed by atoms with E-state index in [2.05, 4.69) is 220 Å². The van der Waals surface area contributed by atoms with E-state index in [0.29, 0.717) is 0 Å². The van der Waals surface area contributed by atoms with E-state index < -0.39 is 0 Å². The van der Waals surface area contributed by atoms with Crippen LogP contribution >= 0.6 is 11.3 Å². The highest BCUT2D eigenvalue weighted by Gasteiger charge is 2.22. The molecule has 0 radical (unpaired) electrons. The second-order valence-electron chi connectivity index (χ2n) is 15.0. The van der Waals surface area contributed by atoms with E-state index in [1.165, 1.54) is 70.2 Å². The molecule has 1 aromatic heterocycles. The van der Waals surface area contributed by atoms with Crippen molar-refractivity contribution in [2.45, 2.75) is 26.2 Å². The fraction of sp³-hybridized carbons (Fsp3) is 0.0769. The van der Waals surface area contributed by atoms with Crippen molar-refractivity contribution in [1.82, 2.24) is 0 Å². The average Bonchev–Trinajstić information content (AvgIpc) is 3.61. The Bertz CT molecular complexity index is 2700. The van der Waals surface area contributed by atoms with Crippen molar-refractivity contribution >= 4 is 48.6 Å². The van der Waals surface area contributed by atoms with Gasteiger partial charge in [0, 0.05) is 37.2 Å². The molecule has 0 aliphatic rings. The van der Waals surface area contributed by atoms with Gasteiger partial charge in [0.05, 0.1) is 0 Å². The summed E-state index contributed by atoms with van der Waals surface area (Å²) in [5, 5.41) is 2.64. The molecule has 0 fully saturated rings. The van der Waals surface area contributed by atoms with Gasteiger partial charge in [-0.15, -0.1) is 11.3 Å². The van der Waals surface area contributed by atoms with Crippen molar-refractivity contribution in [3.8, 4) is 44.5 Å². The summed E-state index contributed by atoms with van der Waals surface area (Å²) in [5.74, 6) is 0. The van der Waals surface area contributed by atoms with E-state index in [0.717, 1.165) is 17.1 Å². The predicted octanol–water partition coefficient (Wildman–Crippen LogP) is 15.5. The van der Waals surface area contributed by atoms with Gasteiger partial charge >= 0.3 is 0 Å². The SMILES string of the molecule is CC(C)(C)c1cccc(-c2ccccc2)c1-c1ccc(N(c2ccc(-c3ccccc3)cc2)c2ccc(-c3cccc4c3sc3ccccc34)cc2)cc1. The van der Waals surface area contributed by atoms with Crippen LogP contribution in [-0.4, -0.2) is 0 Å². The van der Waals surface area contributed by atoms with Gasteiger partial charge in [0.1, 0.15) is 0 Å². The zero-order valence-electron chi connectivity index (χ0n) is 30.8. The highest BCUT2D eigenvalue weighted by atomic mass is 32.1. The zero-order chi connectivity index (χ0) is 36.6. The lowest BCUT2D eigenvalue weighted by Crippen LogP contribution is -2.13. The first-order valence-corrected chi connectivity index (χ1v) is 19.5. The zero-order valence-corrected chi connectivity index (χ0v) is 31.6. The van der Waals surface area contributed by atoms with Crippen LogP contribution < -0.4 is 4.90 Å². The molecule has 8 aromatic carbocycles. The van der Waals surface area contributed by atoms with Gasteiger partial charge in [0.15, 0.2) is 0 Å². The number of anilines is 3. The molecule has 9 aromatic rings. The highest BCUT2D eigenvalue weighted by molar-refractivity contribution is 7.26. The Hall–Kier alpha value is -6.22. The second kappa shape index (κ2) is 14.0. The number of nitrogens with zero attached hydrogens (tertiary/aromatic N) is 1. The van der Waals surface area contributed by atoms with Crippen LogP contribution in [0.2, 0.25) is 0 Å². The van der Waals surface area contributed by atoms with Crippen LogP contribution in [0.15, 0.2) is 194 Å². The monoisotopic (exact) mass is 711 g/mol. The number of rotatable bonds is 7. The first-order valence-electron chi connectivity index (χ1n) is 18.7. The van der Waals surface area contributed by atoms with E-state index in [9.17, 15) is 0 Å². The number of fused-ring (bicyclic) bond motifs is 3. The Morgan fingerprint density at radius 2 is 0.833 bits per heavy atom. The molecule has 0 aliphatic carbocycles. The molecule has 1 nitrogen and oxygen atoms in total. The lowest BCUT2D eigenvalue weighted by atomic mass is 9.79. The number of hydrogen-bond donors (Lipinski definition) is 0. The quantitative estimate of drug-likeness (QED) is 0.159. The van der Waals surface area contributed by atoms with E-state index in [1.54, 1.807) is 0 Å². The summed E-state index contributed by atoms with van der Waals surface area (Å²) in [5.41, 5.74) is 14.6. The molecule has 2 heteroatoms. The topological polar surface area (TPSA) is 3.24 Å². The lowest BCUT2D eigenvalue weighted by Gasteiger charge is -2.28. The molecule has 0 saturated heterocycles. The van der Waals surface area contributed by atoms with Crippen LogP contribution in [0.4, 0.5) is 17.1 Å². The molecule has 0 bridgehead atoms. The van der Waals surface area contributed by atoms with Crippen molar-refractivity contribution < 1.29 is 0 Å². The summed E-state index contributed by atoms with van der Waals surface area (Å²) in [7, 11) is 0. The van der Waals surface area contributed by atoms with Crippen LogP contribution in [-0.2, 0) is 5.41 Å². The fourth-order valence-electron chi connectivity index (χ4n) is 7.77. The molecular formula is C52H41NS. The summed E-state index contributed by atoms with van der Waals surface area (Å²) in [6.45, 7) is 6.92. The minimum absolute atomic E-state index is 0.0206. The normalized spacial score (nSPS) is 11.6. The van der Waals surface area contributed by atoms with Crippen LogP contribution in [0.1, 0.15) is 26.3 Å². The smallest absolute Gasteiger partial charge is 0.0462 e. The molecule has 0 aliphatic heterocycles. The lowest BCUT2D eigenvalue weighted by molar-refractivity contribution is 0.592. The molecule has 0 atom stereocenters. The van der Waals surface area contributed by atoms with Crippen molar-refractivity contribution in [3.63, 3.8) is 0 Å². The molecule has 1 heterocycles. The van der Waals surface area contributed by atoms with Gasteiger partial charge in [0.2, 0.25) is 0 Å². The maximum absolute atomic E-state index is 2.37. The van der Waals surface area contributed by atoms with E-state index >= 15 is 0 Å². The third-order valence-corrected chi connectivity index (χ3v) is 11.7. The van der Waals surface area contributed by atoms with Crippen molar-refractivity contribution in [1.29, 1.82) is 0 Å². The first kappa shape index (κ1) is 33.6. The van der Waals surface area contributed by atoms with E-state index in [4.69, 9.17) is 0 Å². The molecule has 54 heavy (non-hydrogen) atoms. The Kier molecular flexibility index (Phi) is 8.69. The highest BCUT2D eigenvalue weighted by Crippen LogP contribution is 2.44. The second-order valence-corrected chi connectivity index (χ2v) is 16.0. The van der Waals surface area contributed by atoms with Crippen molar-refractivity contribution in [2.24, 2.45) is 0 Å². The van der Waals surface area contributed by atoms with Gasteiger partial charge in [-0.1, -0.05) is 172 Å². The molecular weight excluding hydrogens is 671 g/mol. The maximum atomic E-state index is 2.37.